The van der Waals surface area contributed by atoms with Crippen LogP contribution in [0.5, 0.6) is 0 Å². The van der Waals surface area contributed by atoms with Crippen molar-refractivity contribution in [2.45, 2.75) is 53.7 Å². The molecule has 2 nitrogen and oxygen atoms in total. The van der Waals surface area contributed by atoms with E-state index in [9.17, 15) is 4.39 Å². The summed E-state index contributed by atoms with van der Waals surface area (Å²) in [7, 11) is 0.204. The Hall–Kier alpha value is -2.98. The summed E-state index contributed by atoms with van der Waals surface area (Å²) < 4.78 is 47.4. The van der Waals surface area contributed by atoms with E-state index in [4.69, 9.17) is 8.53 Å². The second-order valence-corrected chi connectivity index (χ2v) is 16.3. The van der Waals surface area contributed by atoms with E-state index in [0.29, 0.717) is 33.4 Å². The molecule has 5 aromatic rings. The van der Waals surface area contributed by atoms with Crippen LogP contribution in [0.15, 0.2) is 52.9 Å². The zero-order valence-corrected chi connectivity index (χ0v) is 22.6. The molecule has 35 heavy (non-hydrogen) atoms. The molecule has 0 saturated heterocycles. The third kappa shape index (κ3) is 3.98. The first-order valence-electron chi connectivity index (χ1n) is 13.8. The molecular weight excluding hydrogens is 449 g/mol. The summed E-state index contributed by atoms with van der Waals surface area (Å²) in [6, 6.07) is 15.1. The summed E-state index contributed by atoms with van der Waals surface area (Å²) >= 11 is 0. The van der Waals surface area contributed by atoms with Gasteiger partial charge in [-0.1, -0.05) is 39.6 Å². The SMILES string of the molecule is [2H]C([2H])([2H])c1cc2c(oc3cc(F)ccc32)c(-c2cc([Si](C)(C)C)c3cc(CC(C)C)ccc3[n+]2C)c1C. The summed E-state index contributed by atoms with van der Waals surface area (Å²) in [6.45, 7) is 11.0. The maximum Gasteiger partial charge on any atom is 0.216 e. The van der Waals surface area contributed by atoms with Gasteiger partial charge < -0.3 is 4.42 Å². The molecule has 0 aliphatic heterocycles. The number of halogens is 1. The molecule has 3 aromatic carbocycles. The number of rotatable bonds is 4. The van der Waals surface area contributed by atoms with Crippen LogP contribution in [-0.4, -0.2) is 8.07 Å². The van der Waals surface area contributed by atoms with E-state index in [0.717, 1.165) is 23.2 Å². The molecule has 0 saturated carbocycles. The normalized spacial score (nSPS) is 14.1. The topological polar surface area (TPSA) is 17.0 Å². The van der Waals surface area contributed by atoms with Crippen LogP contribution in [0.2, 0.25) is 19.6 Å². The van der Waals surface area contributed by atoms with E-state index in [1.165, 1.54) is 28.3 Å². The van der Waals surface area contributed by atoms with Crippen molar-refractivity contribution < 1.29 is 17.5 Å². The monoisotopic (exact) mass is 487 g/mol. The fourth-order valence-corrected chi connectivity index (χ4v) is 6.85. The van der Waals surface area contributed by atoms with Gasteiger partial charge in [0.2, 0.25) is 11.2 Å². The summed E-state index contributed by atoms with van der Waals surface area (Å²) in [6.07, 6.45) is 1.02. The molecule has 0 aliphatic carbocycles. The number of hydrogen-bond acceptors (Lipinski definition) is 1. The molecule has 0 N–H and O–H groups in total. The van der Waals surface area contributed by atoms with Crippen molar-refractivity contribution in [3.05, 3.63) is 71.0 Å². The van der Waals surface area contributed by atoms with Crippen molar-refractivity contribution >= 4 is 46.1 Å². The van der Waals surface area contributed by atoms with Gasteiger partial charge in [0, 0.05) is 38.5 Å². The van der Waals surface area contributed by atoms with E-state index < -0.39 is 14.9 Å². The number of aromatic nitrogens is 1. The van der Waals surface area contributed by atoms with E-state index in [-0.39, 0.29) is 11.4 Å². The highest BCUT2D eigenvalue weighted by molar-refractivity contribution is 6.90. The number of furan rings is 1. The third-order valence-electron chi connectivity index (χ3n) is 7.05. The molecule has 0 unspecified atom stereocenters. The first-order chi connectivity index (χ1) is 17.7. The van der Waals surface area contributed by atoms with Crippen LogP contribution in [0.3, 0.4) is 0 Å². The van der Waals surface area contributed by atoms with Gasteiger partial charge in [-0.15, -0.1) is 0 Å². The molecule has 5 rings (SSSR count). The summed E-state index contributed by atoms with van der Waals surface area (Å²) in [5, 5.41) is 3.97. The van der Waals surface area contributed by atoms with Gasteiger partial charge in [0.25, 0.3) is 0 Å². The van der Waals surface area contributed by atoms with E-state index in [2.05, 4.69) is 62.3 Å². The van der Waals surface area contributed by atoms with Crippen LogP contribution in [0.1, 0.15) is 34.7 Å². The average Bonchev–Trinajstić information content (AvgIpc) is 3.14. The molecule has 0 amide bonds. The molecule has 180 valence electrons. The average molecular weight is 488 g/mol. The number of fused-ring (bicyclic) bond motifs is 4. The van der Waals surface area contributed by atoms with E-state index in [1.54, 1.807) is 12.1 Å². The molecule has 0 spiro atoms. The Kier molecular flexibility index (Phi) is 4.80. The summed E-state index contributed by atoms with van der Waals surface area (Å²) in [4.78, 5) is 0. The lowest BCUT2D eigenvalue weighted by Crippen LogP contribution is -2.43. The quantitative estimate of drug-likeness (QED) is 0.187. The van der Waals surface area contributed by atoms with Crippen molar-refractivity contribution in [3.63, 3.8) is 0 Å². The minimum absolute atomic E-state index is 0.286. The molecule has 4 heteroatoms. The van der Waals surface area contributed by atoms with Crippen LogP contribution >= 0.6 is 0 Å². The minimum atomic E-state index is -2.31. The third-order valence-corrected chi connectivity index (χ3v) is 9.08. The predicted octanol–water partition coefficient (Wildman–Crippen LogP) is 7.73. The lowest BCUT2D eigenvalue weighted by atomic mass is 9.95. The lowest BCUT2D eigenvalue weighted by molar-refractivity contribution is -0.633. The highest BCUT2D eigenvalue weighted by atomic mass is 28.3. The first kappa shape index (κ1) is 20.2. The zero-order chi connectivity index (χ0) is 27.7. The Bertz CT molecular complexity index is 1730. The van der Waals surface area contributed by atoms with Gasteiger partial charge in [0.05, 0.1) is 13.6 Å². The van der Waals surface area contributed by atoms with Crippen molar-refractivity contribution in [1.82, 2.24) is 0 Å². The Morgan fingerprint density at radius 3 is 2.46 bits per heavy atom. The fourth-order valence-electron chi connectivity index (χ4n) is 5.28. The van der Waals surface area contributed by atoms with Gasteiger partial charge in [0.15, 0.2) is 0 Å². The van der Waals surface area contributed by atoms with Crippen molar-refractivity contribution in [2.75, 3.05) is 0 Å². The Labute approximate surface area is 212 Å². The van der Waals surface area contributed by atoms with Gasteiger partial charge in [0.1, 0.15) is 24.0 Å². The Balaban J connectivity index is 1.94. The Morgan fingerprint density at radius 1 is 1.00 bits per heavy atom. The highest BCUT2D eigenvalue weighted by Crippen LogP contribution is 2.39. The first-order valence-corrected chi connectivity index (χ1v) is 15.8. The largest absolute Gasteiger partial charge is 0.455 e. The maximum absolute atomic E-state index is 14.1. The van der Waals surface area contributed by atoms with Crippen LogP contribution in [0.25, 0.3) is 44.1 Å². The van der Waals surface area contributed by atoms with Crippen LogP contribution < -0.4 is 9.75 Å². The van der Waals surface area contributed by atoms with Gasteiger partial charge in [-0.2, -0.15) is 4.57 Å². The predicted molar refractivity (Wildman–Crippen MR) is 149 cm³/mol. The summed E-state index contributed by atoms with van der Waals surface area (Å²) in [5.74, 6) is 0.174. The molecular formula is C31H35FNOSi+. The van der Waals surface area contributed by atoms with Gasteiger partial charge >= 0.3 is 0 Å². The van der Waals surface area contributed by atoms with Gasteiger partial charge in [-0.25, -0.2) is 4.39 Å². The fraction of sp³-hybridized carbons (Fsp3) is 0.323. The maximum atomic E-state index is 14.1. The van der Waals surface area contributed by atoms with Crippen LogP contribution in [0.4, 0.5) is 4.39 Å². The summed E-state index contributed by atoms with van der Waals surface area (Å²) in [5.41, 5.74) is 6.02. The molecule has 0 atom stereocenters. The molecule has 2 heterocycles. The minimum Gasteiger partial charge on any atom is -0.455 e. The second-order valence-electron chi connectivity index (χ2n) is 11.2. The standard InChI is InChI=1S/C31H35FNOSi/c1-18(2)13-21-9-12-26-25(15-21)29(35(6,7)8)17-27(33(26)5)30-20(4)19(3)14-24-23-11-10-22(32)16-28(23)34-31(24)30/h9-12,14-18H,13H2,1-8H3/q+1/i3D3. The van der Waals surface area contributed by atoms with Crippen LogP contribution in [-0.2, 0) is 13.5 Å². The zero-order valence-electron chi connectivity index (χ0n) is 24.6. The van der Waals surface area contributed by atoms with Gasteiger partial charge in [-0.3, -0.25) is 0 Å². The van der Waals surface area contributed by atoms with Crippen LogP contribution in [0, 0.1) is 25.5 Å². The van der Waals surface area contributed by atoms with Crippen molar-refractivity contribution in [1.29, 1.82) is 0 Å². The second kappa shape index (κ2) is 8.30. The van der Waals surface area contributed by atoms with Crippen molar-refractivity contribution in [3.8, 4) is 11.3 Å². The van der Waals surface area contributed by atoms with E-state index >= 15 is 0 Å². The highest BCUT2D eigenvalue weighted by Gasteiger charge is 2.29. The smallest absolute Gasteiger partial charge is 0.216 e. The number of aryl methyl sites for hydroxylation is 2. The molecule has 0 fully saturated rings. The van der Waals surface area contributed by atoms with Crippen molar-refractivity contribution in [2.24, 2.45) is 13.0 Å². The van der Waals surface area contributed by atoms with E-state index in [1.807, 2.05) is 14.0 Å². The number of benzene rings is 3. The molecule has 0 bridgehead atoms. The Morgan fingerprint density at radius 2 is 1.77 bits per heavy atom. The number of hydrogen-bond donors (Lipinski definition) is 0. The lowest BCUT2D eigenvalue weighted by Gasteiger charge is -2.21. The molecule has 0 radical (unpaired) electrons. The number of nitrogens with zero attached hydrogens (tertiary/aromatic N) is 1. The number of pyridine rings is 1. The molecule has 0 aliphatic rings. The van der Waals surface area contributed by atoms with Gasteiger partial charge in [-0.05, 0) is 72.3 Å². The molecule has 2 aromatic heterocycles.